The minimum atomic E-state index is 0.424. The van der Waals surface area contributed by atoms with Crippen LogP contribution in [-0.4, -0.2) is 9.13 Å². The van der Waals surface area contributed by atoms with Crippen molar-refractivity contribution in [1.29, 1.82) is 0 Å². The van der Waals surface area contributed by atoms with Gasteiger partial charge in [-0.3, -0.25) is 0 Å². The lowest BCUT2D eigenvalue weighted by molar-refractivity contribution is 0.667. The molecule has 0 unspecified atom stereocenters. The van der Waals surface area contributed by atoms with Gasteiger partial charge in [-0.1, -0.05) is 137 Å². The SMILES string of the molecule is CC(C)c1ccc(N(c2ccc3c(ccc4c5cc6oc7c8ccc(N(c9ccc(C(C)C)cc9)c9ccc%10c(c9)c9ccccc9n%10-c9ccccc9)cc8ccc7c6cc5oc34)c2)c2ccc3c(c2)c2ccccc2n3-c2ccccc2)cc1. The molecule has 0 atom stereocenters. The Morgan fingerprint density at radius 1 is 0.267 bits per heavy atom. The molecular formula is C80H58N4O2. The molecule has 0 spiro atoms. The van der Waals surface area contributed by atoms with E-state index in [9.17, 15) is 0 Å². The smallest absolute Gasteiger partial charge is 0.143 e. The van der Waals surface area contributed by atoms with Gasteiger partial charge in [-0.15, -0.1) is 0 Å². The van der Waals surface area contributed by atoms with Crippen molar-refractivity contribution >= 4 is 143 Å². The van der Waals surface area contributed by atoms with Gasteiger partial charge in [-0.25, -0.2) is 0 Å². The summed E-state index contributed by atoms with van der Waals surface area (Å²) < 4.78 is 18.7. The van der Waals surface area contributed by atoms with Crippen LogP contribution in [0.1, 0.15) is 50.7 Å². The minimum absolute atomic E-state index is 0.424. The number of hydrogen-bond acceptors (Lipinski definition) is 4. The zero-order valence-corrected chi connectivity index (χ0v) is 48.2. The molecule has 0 radical (unpaired) electrons. The lowest BCUT2D eigenvalue weighted by atomic mass is 10.0. The maximum Gasteiger partial charge on any atom is 0.143 e. The van der Waals surface area contributed by atoms with Gasteiger partial charge in [-0.05, 0) is 191 Å². The number of para-hydroxylation sites is 4. The molecule has 17 aromatic rings. The average Bonchev–Trinajstić information content (AvgIpc) is 3.63. The average molecular weight is 1110 g/mol. The van der Waals surface area contributed by atoms with Gasteiger partial charge >= 0.3 is 0 Å². The van der Waals surface area contributed by atoms with Crippen molar-refractivity contribution in [2.75, 3.05) is 9.80 Å². The molecule has 0 N–H and O–H groups in total. The number of hydrogen-bond donors (Lipinski definition) is 0. The Labute approximate surface area is 497 Å². The van der Waals surface area contributed by atoms with Crippen molar-refractivity contribution < 1.29 is 8.83 Å². The minimum Gasteiger partial charge on any atom is -0.455 e. The summed E-state index contributed by atoms with van der Waals surface area (Å²) in [6, 6.07) is 97.5. The van der Waals surface area contributed by atoms with Crippen LogP contribution in [0.4, 0.5) is 34.1 Å². The van der Waals surface area contributed by atoms with E-state index in [4.69, 9.17) is 8.83 Å². The molecule has 0 saturated heterocycles. The normalized spacial score (nSPS) is 12.2. The van der Waals surface area contributed by atoms with Crippen molar-refractivity contribution in [1.82, 2.24) is 9.13 Å². The van der Waals surface area contributed by atoms with Crippen molar-refractivity contribution in [2.24, 2.45) is 0 Å². The first-order chi connectivity index (χ1) is 42.3. The van der Waals surface area contributed by atoms with E-state index in [-0.39, 0.29) is 0 Å². The van der Waals surface area contributed by atoms with Gasteiger partial charge in [0.05, 0.1) is 22.1 Å². The molecule has 13 aromatic carbocycles. The highest BCUT2D eigenvalue weighted by Crippen LogP contribution is 2.46. The molecule has 0 amide bonds. The summed E-state index contributed by atoms with van der Waals surface area (Å²) in [4.78, 5) is 4.78. The molecule has 86 heavy (non-hydrogen) atoms. The molecule has 0 aliphatic heterocycles. The fraction of sp³-hybridized carbons (Fsp3) is 0.0750. The third-order valence-electron chi connectivity index (χ3n) is 18.0. The Balaban J connectivity index is 0.753. The molecule has 0 bridgehead atoms. The fourth-order valence-electron chi connectivity index (χ4n) is 13.7. The van der Waals surface area contributed by atoms with Crippen LogP contribution in [0.3, 0.4) is 0 Å². The van der Waals surface area contributed by atoms with E-state index in [2.05, 4.69) is 314 Å². The van der Waals surface area contributed by atoms with E-state index in [0.29, 0.717) is 11.8 Å². The van der Waals surface area contributed by atoms with Crippen molar-refractivity contribution in [2.45, 2.75) is 39.5 Å². The van der Waals surface area contributed by atoms with E-state index >= 15 is 0 Å². The number of fused-ring (bicyclic) bond motifs is 16. The third-order valence-corrected chi connectivity index (χ3v) is 18.0. The summed E-state index contributed by atoms with van der Waals surface area (Å²) in [7, 11) is 0. The second-order valence-electron chi connectivity index (χ2n) is 23.7. The molecule has 4 heterocycles. The van der Waals surface area contributed by atoms with Gasteiger partial charge in [0.15, 0.2) is 0 Å². The Bertz CT molecular complexity index is 5190. The largest absolute Gasteiger partial charge is 0.455 e. The van der Waals surface area contributed by atoms with Gasteiger partial charge < -0.3 is 27.8 Å². The van der Waals surface area contributed by atoms with E-state index in [1.54, 1.807) is 0 Å². The molecule has 0 aliphatic rings. The molecule has 17 rings (SSSR count). The Kier molecular flexibility index (Phi) is 11.2. The predicted octanol–water partition coefficient (Wildman–Crippen LogP) is 23.2. The Hall–Kier alpha value is -10.8. The van der Waals surface area contributed by atoms with Crippen LogP contribution >= 0.6 is 0 Å². The second-order valence-corrected chi connectivity index (χ2v) is 23.7. The van der Waals surface area contributed by atoms with Crippen LogP contribution in [0.25, 0.3) is 120 Å². The van der Waals surface area contributed by atoms with Crippen molar-refractivity contribution in [3.05, 3.63) is 278 Å². The summed E-state index contributed by atoms with van der Waals surface area (Å²) in [6.45, 7) is 8.99. The number of rotatable bonds is 10. The van der Waals surface area contributed by atoms with Crippen LogP contribution in [0, 0.1) is 0 Å². The summed E-state index contributed by atoms with van der Waals surface area (Å²) in [6.07, 6.45) is 0. The fourth-order valence-corrected chi connectivity index (χ4v) is 13.7. The molecule has 6 nitrogen and oxygen atoms in total. The van der Waals surface area contributed by atoms with Crippen LogP contribution in [0.2, 0.25) is 0 Å². The number of furan rings is 2. The van der Waals surface area contributed by atoms with Crippen molar-refractivity contribution in [3.8, 4) is 11.4 Å². The first-order valence-corrected chi connectivity index (χ1v) is 29.9. The van der Waals surface area contributed by atoms with Crippen LogP contribution < -0.4 is 9.80 Å². The molecule has 410 valence electrons. The van der Waals surface area contributed by atoms with E-state index < -0.39 is 0 Å². The molecule has 4 aromatic heterocycles. The highest BCUT2D eigenvalue weighted by molar-refractivity contribution is 6.22. The summed E-state index contributed by atoms with van der Waals surface area (Å²) >= 11 is 0. The summed E-state index contributed by atoms with van der Waals surface area (Å²) in [5, 5.41) is 13.3. The number of aromatic nitrogens is 2. The first kappa shape index (κ1) is 49.8. The van der Waals surface area contributed by atoms with Gasteiger partial charge in [-0.2, -0.15) is 0 Å². The zero-order valence-electron chi connectivity index (χ0n) is 48.2. The maximum atomic E-state index is 6.97. The summed E-state index contributed by atoms with van der Waals surface area (Å²) in [5.41, 5.74) is 19.5. The Morgan fingerprint density at radius 2 is 0.616 bits per heavy atom. The highest BCUT2D eigenvalue weighted by atomic mass is 16.3. The lowest BCUT2D eigenvalue weighted by Crippen LogP contribution is -2.10. The Morgan fingerprint density at radius 3 is 1.03 bits per heavy atom. The number of nitrogens with zero attached hydrogens (tertiary/aromatic N) is 4. The van der Waals surface area contributed by atoms with E-state index in [0.717, 1.165) is 111 Å². The number of benzene rings is 13. The predicted molar refractivity (Wildman–Crippen MR) is 362 cm³/mol. The lowest BCUT2D eigenvalue weighted by Gasteiger charge is -2.26. The monoisotopic (exact) mass is 1110 g/mol. The zero-order chi connectivity index (χ0) is 57.3. The molecule has 0 fully saturated rings. The van der Waals surface area contributed by atoms with Gasteiger partial charge in [0.2, 0.25) is 0 Å². The van der Waals surface area contributed by atoms with Crippen LogP contribution in [-0.2, 0) is 0 Å². The highest BCUT2D eigenvalue weighted by Gasteiger charge is 2.23. The molecular weight excluding hydrogens is 1050 g/mol. The topological polar surface area (TPSA) is 42.6 Å². The number of anilines is 6. The van der Waals surface area contributed by atoms with E-state index in [1.807, 2.05) is 0 Å². The van der Waals surface area contributed by atoms with Gasteiger partial charge in [0.25, 0.3) is 0 Å². The van der Waals surface area contributed by atoms with E-state index in [1.165, 1.54) is 54.7 Å². The van der Waals surface area contributed by atoms with Crippen LogP contribution in [0.5, 0.6) is 0 Å². The third kappa shape index (κ3) is 7.79. The molecule has 0 aliphatic carbocycles. The van der Waals surface area contributed by atoms with Gasteiger partial charge in [0.1, 0.15) is 22.3 Å². The second kappa shape index (κ2) is 19.4. The van der Waals surface area contributed by atoms with Gasteiger partial charge in [0, 0.05) is 99.4 Å². The summed E-state index contributed by atoms with van der Waals surface area (Å²) in [5.74, 6) is 0.848. The molecule has 0 saturated carbocycles. The quantitative estimate of drug-likeness (QED) is 0.137. The first-order valence-electron chi connectivity index (χ1n) is 29.9. The van der Waals surface area contributed by atoms with Crippen LogP contribution in [0.15, 0.2) is 276 Å². The maximum absolute atomic E-state index is 6.97. The van der Waals surface area contributed by atoms with Crippen molar-refractivity contribution in [3.63, 3.8) is 0 Å². The standard InChI is InChI=1S/C80H58N4O2/c1-49(2)51-23-29-57(30-24-51)81(61-35-41-75-69(45-61)65-19-11-13-21-73(65)83(75)55-15-7-5-8-16-55)59-33-39-63-53(43-59)27-37-67-71-47-78-72(48-77(71)85-79(63)67)68-38-28-54-44-60(34-40-64(54)80(68)86-78)82(58-31-25-52(26-32-58)50(3)4)62-36-42-76-70(46-62)66-20-12-14-22-74(66)84(76)56-17-9-6-10-18-56/h5-50H,1-4H3. The molecule has 6 heteroatoms.